The molecule has 0 aliphatic rings. The summed E-state index contributed by atoms with van der Waals surface area (Å²) in [5, 5.41) is 0.527. The molecule has 24 heavy (non-hydrogen) atoms. The van der Waals surface area contributed by atoms with Crippen LogP contribution in [0.4, 0.5) is 0 Å². The van der Waals surface area contributed by atoms with Gasteiger partial charge in [-0.15, -0.1) is 0 Å². The lowest BCUT2D eigenvalue weighted by Gasteiger charge is -2.41. The van der Waals surface area contributed by atoms with Gasteiger partial charge < -0.3 is 9.79 Å². The van der Waals surface area contributed by atoms with Crippen molar-refractivity contribution in [1.82, 2.24) is 0 Å². The van der Waals surface area contributed by atoms with E-state index >= 15 is 0 Å². The zero-order valence-electron chi connectivity index (χ0n) is 12.6. The van der Waals surface area contributed by atoms with E-state index in [1.165, 1.54) is 0 Å². The second kappa shape index (κ2) is 6.75. The smallest absolute Gasteiger partial charge is 0.317 e. The monoisotopic (exact) mass is 378 g/mol. The Balaban J connectivity index is 2.42. The summed E-state index contributed by atoms with van der Waals surface area (Å²) in [4.78, 5) is 22.8. The maximum atomic E-state index is 12.8. The van der Waals surface area contributed by atoms with Crippen molar-refractivity contribution in [1.29, 1.82) is 0 Å². The van der Waals surface area contributed by atoms with Gasteiger partial charge in [0.05, 0.1) is 0 Å². The van der Waals surface area contributed by atoms with E-state index < -0.39 is 16.4 Å². The van der Waals surface area contributed by atoms with E-state index in [0.29, 0.717) is 19.7 Å². The first-order chi connectivity index (χ1) is 11.5. The zero-order chi connectivity index (χ0) is 17.2. The number of benzene rings is 3. The summed E-state index contributed by atoms with van der Waals surface area (Å²) in [6.45, 7) is -4.55. The first-order valence-corrected chi connectivity index (χ1v) is 11.4. The minimum Gasteiger partial charge on any atom is -0.317 e. The molecular weight excluding hydrogens is 363 g/mol. The average molecular weight is 379 g/mol. The van der Waals surface area contributed by atoms with E-state index in [9.17, 15) is 14.4 Å². The second-order valence-corrected chi connectivity index (χ2v) is 12.2. The van der Waals surface area contributed by atoms with Gasteiger partial charge in [-0.2, -0.15) is 0 Å². The fourth-order valence-electron chi connectivity index (χ4n) is 2.69. The minimum absolute atomic E-state index is 0.527. The van der Waals surface area contributed by atoms with Gasteiger partial charge in [0.2, 0.25) is 0 Å². The summed E-state index contributed by atoms with van der Waals surface area (Å²) < 4.78 is 12.8. The first kappa shape index (κ1) is 17.3. The van der Waals surface area contributed by atoms with Crippen molar-refractivity contribution in [3.63, 3.8) is 0 Å². The van der Waals surface area contributed by atoms with Gasteiger partial charge in [-0.25, -0.2) is 4.57 Å². The predicted molar refractivity (Wildman–Crippen MR) is 98.8 cm³/mol. The maximum absolute atomic E-state index is 12.8. The van der Waals surface area contributed by atoms with Crippen LogP contribution in [0, 0.1) is 0 Å². The Kier molecular flexibility index (Phi) is 4.86. The number of hydrogen-bond donors (Lipinski definition) is 2. The SMILES string of the molecule is O=P(O)(O)S(c1ccccc1)(c1ccccc1)c1ccc(Cl)cc1. The standard InChI is InChI=1S/C18H16ClO3PS/c19-15-11-13-18(14-12-15)24(23(20,21)22,16-7-3-1-4-8-16)17-9-5-2-6-10-17/h1-14H,(H2,20,21,22). The summed E-state index contributed by atoms with van der Waals surface area (Å²) in [5.41, 5.74) is 0. The van der Waals surface area contributed by atoms with Gasteiger partial charge in [0.15, 0.2) is 0 Å². The molecule has 0 radical (unpaired) electrons. The van der Waals surface area contributed by atoms with Gasteiger partial charge in [0.25, 0.3) is 0 Å². The molecule has 3 aromatic rings. The van der Waals surface area contributed by atoms with Gasteiger partial charge in [0.1, 0.15) is 0 Å². The van der Waals surface area contributed by atoms with Crippen LogP contribution in [0.5, 0.6) is 0 Å². The molecule has 0 saturated heterocycles. The van der Waals surface area contributed by atoms with E-state index in [4.69, 9.17) is 11.6 Å². The van der Waals surface area contributed by atoms with E-state index in [-0.39, 0.29) is 0 Å². The minimum atomic E-state index is -4.55. The van der Waals surface area contributed by atoms with Crippen LogP contribution in [0.2, 0.25) is 5.02 Å². The van der Waals surface area contributed by atoms with Gasteiger partial charge in [0, 0.05) is 19.7 Å². The topological polar surface area (TPSA) is 57.5 Å². The highest BCUT2D eigenvalue weighted by Gasteiger charge is 2.46. The highest BCUT2D eigenvalue weighted by Crippen LogP contribution is 2.88. The third-order valence-electron chi connectivity index (χ3n) is 3.68. The molecule has 0 heterocycles. The summed E-state index contributed by atoms with van der Waals surface area (Å²) in [6, 6.07) is 24.7. The van der Waals surface area contributed by atoms with Gasteiger partial charge in [-0.1, -0.05) is 57.6 Å². The van der Waals surface area contributed by atoms with Crippen LogP contribution in [0.25, 0.3) is 0 Å². The van der Waals surface area contributed by atoms with Crippen LogP contribution < -0.4 is 0 Å². The molecule has 0 bridgehead atoms. The lowest BCUT2D eigenvalue weighted by atomic mass is 10.4. The largest absolute Gasteiger partial charge is 0.378 e. The third-order valence-corrected chi connectivity index (χ3v) is 11.5. The molecule has 124 valence electrons. The van der Waals surface area contributed by atoms with E-state index in [0.717, 1.165) is 0 Å². The van der Waals surface area contributed by atoms with Crippen molar-refractivity contribution < 1.29 is 14.4 Å². The summed E-state index contributed by atoms with van der Waals surface area (Å²) in [7, 11) is -2.76. The molecule has 0 aliphatic carbocycles. The van der Waals surface area contributed by atoms with Gasteiger partial charge in [-0.3, -0.25) is 0 Å². The molecule has 0 unspecified atom stereocenters. The lowest BCUT2D eigenvalue weighted by Crippen LogP contribution is -2.04. The zero-order valence-corrected chi connectivity index (χ0v) is 15.1. The molecule has 3 nitrogen and oxygen atoms in total. The molecule has 0 aromatic heterocycles. The molecule has 0 spiro atoms. The summed E-state index contributed by atoms with van der Waals surface area (Å²) in [6.07, 6.45) is 0. The molecule has 6 heteroatoms. The lowest BCUT2D eigenvalue weighted by molar-refractivity contribution is 0.395. The Morgan fingerprint density at radius 1 is 0.667 bits per heavy atom. The molecule has 0 atom stereocenters. The first-order valence-electron chi connectivity index (χ1n) is 7.21. The summed E-state index contributed by atoms with van der Waals surface area (Å²) >= 11 is 5.98. The van der Waals surface area contributed by atoms with E-state index in [1.807, 2.05) is 12.1 Å². The second-order valence-electron chi connectivity index (χ2n) is 5.15. The van der Waals surface area contributed by atoms with Crippen molar-refractivity contribution in [2.45, 2.75) is 14.7 Å². The number of rotatable bonds is 4. The van der Waals surface area contributed by atoms with Gasteiger partial charge >= 0.3 is 6.80 Å². The normalized spacial score (nSPS) is 12.8. The van der Waals surface area contributed by atoms with Crippen molar-refractivity contribution in [3.8, 4) is 0 Å². The fourth-order valence-corrected chi connectivity index (χ4v) is 9.65. The van der Waals surface area contributed by atoms with Crippen LogP contribution in [0.15, 0.2) is 99.6 Å². The van der Waals surface area contributed by atoms with Crippen LogP contribution in [-0.4, -0.2) is 9.79 Å². The van der Waals surface area contributed by atoms with Crippen molar-refractivity contribution in [3.05, 3.63) is 90.0 Å². The molecule has 2 N–H and O–H groups in total. The molecule has 0 fully saturated rings. The van der Waals surface area contributed by atoms with Crippen LogP contribution in [0.1, 0.15) is 0 Å². The van der Waals surface area contributed by atoms with Gasteiger partial charge in [-0.05, 0) is 48.5 Å². The Morgan fingerprint density at radius 3 is 1.42 bits per heavy atom. The maximum Gasteiger partial charge on any atom is 0.378 e. The Morgan fingerprint density at radius 2 is 1.04 bits per heavy atom. The Hall–Kier alpha value is -1.55. The third kappa shape index (κ3) is 2.92. The fraction of sp³-hybridized carbons (Fsp3) is 0. The number of halogens is 1. The molecular formula is C18H16ClO3PS. The molecule has 0 saturated carbocycles. The highest BCUT2D eigenvalue weighted by molar-refractivity contribution is 8.76. The van der Waals surface area contributed by atoms with Crippen LogP contribution >= 0.6 is 28.0 Å². The van der Waals surface area contributed by atoms with E-state index in [1.54, 1.807) is 72.8 Å². The average Bonchev–Trinajstić information content (AvgIpc) is 2.58. The highest BCUT2D eigenvalue weighted by atomic mass is 35.5. The predicted octanol–water partition coefficient (Wildman–Crippen LogP) is 5.71. The number of hydrogen-bond acceptors (Lipinski definition) is 1. The van der Waals surface area contributed by atoms with E-state index in [2.05, 4.69) is 0 Å². The molecule has 3 aromatic carbocycles. The molecule has 0 aliphatic heterocycles. The van der Waals surface area contributed by atoms with Crippen LogP contribution in [0.3, 0.4) is 0 Å². The Bertz CT molecular complexity index is 824. The van der Waals surface area contributed by atoms with Crippen molar-refractivity contribution >= 4 is 28.0 Å². The Labute approximate surface area is 147 Å². The molecule has 0 amide bonds. The quantitative estimate of drug-likeness (QED) is 0.571. The van der Waals surface area contributed by atoms with Crippen LogP contribution in [-0.2, 0) is 4.57 Å². The van der Waals surface area contributed by atoms with Crippen molar-refractivity contribution in [2.24, 2.45) is 0 Å². The van der Waals surface area contributed by atoms with Crippen molar-refractivity contribution in [2.75, 3.05) is 0 Å². The summed E-state index contributed by atoms with van der Waals surface area (Å²) in [5.74, 6) is 0. The molecule has 3 rings (SSSR count).